The molecule has 2 aliphatic rings. The second-order valence-electron chi connectivity index (χ2n) is 10.2. The summed E-state index contributed by atoms with van der Waals surface area (Å²) >= 11 is 0. The van der Waals surface area contributed by atoms with E-state index >= 15 is 0 Å². The Bertz CT molecular complexity index is 1020. The smallest absolute Gasteiger partial charge is 0.407 e. The highest BCUT2D eigenvalue weighted by Gasteiger charge is 2.29. The van der Waals surface area contributed by atoms with Crippen LogP contribution in [0, 0.1) is 0 Å². The number of esters is 1. The lowest BCUT2D eigenvalue weighted by molar-refractivity contribution is -0.144. The Hall–Kier alpha value is -3.06. The highest BCUT2D eigenvalue weighted by atomic mass is 16.5. The number of alkyl carbamates (subject to hydrolysis) is 1. The molecule has 1 heterocycles. The summed E-state index contributed by atoms with van der Waals surface area (Å²) in [5, 5.41) is 2.92. The van der Waals surface area contributed by atoms with Gasteiger partial charge in [-0.05, 0) is 59.9 Å². The Morgan fingerprint density at radius 2 is 1.78 bits per heavy atom. The monoisotopic (exact) mass is 507 g/mol. The Labute approximate surface area is 221 Å². The zero-order valence-electron chi connectivity index (χ0n) is 22.3. The number of hydrogen-bond acceptors (Lipinski definition) is 6. The summed E-state index contributed by atoms with van der Waals surface area (Å²) in [6.07, 6.45) is 3.00. The van der Waals surface area contributed by atoms with Gasteiger partial charge in [0, 0.05) is 45.0 Å². The van der Waals surface area contributed by atoms with Gasteiger partial charge in [0.15, 0.2) is 0 Å². The summed E-state index contributed by atoms with van der Waals surface area (Å²) in [5.41, 5.74) is 5.13. The third-order valence-corrected chi connectivity index (χ3v) is 7.49. The highest BCUT2D eigenvalue weighted by Crippen LogP contribution is 2.44. The molecule has 1 fully saturated rings. The van der Waals surface area contributed by atoms with Gasteiger partial charge in [-0.1, -0.05) is 50.2 Å². The maximum Gasteiger partial charge on any atom is 0.407 e. The first-order chi connectivity index (χ1) is 18.0. The summed E-state index contributed by atoms with van der Waals surface area (Å²) in [7, 11) is 0. The van der Waals surface area contributed by atoms with Crippen molar-refractivity contribution < 1.29 is 19.1 Å². The van der Waals surface area contributed by atoms with Crippen LogP contribution in [0.25, 0.3) is 0 Å². The van der Waals surface area contributed by atoms with Crippen LogP contribution in [0.4, 0.5) is 10.5 Å². The topological polar surface area (TPSA) is 71.1 Å². The van der Waals surface area contributed by atoms with Crippen LogP contribution in [0.15, 0.2) is 48.5 Å². The normalized spacial score (nSPS) is 19.4. The van der Waals surface area contributed by atoms with E-state index in [0.717, 1.165) is 57.5 Å². The highest BCUT2D eigenvalue weighted by molar-refractivity contribution is 5.69. The molecular formula is C30H41N3O4. The third-order valence-electron chi connectivity index (χ3n) is 7.49. The number of carbonyl (C=O) groups is 2. The van der Waals surface area contributed by atoms with Crippen LogP contribution in [0.3, 0.4) is 0 Å². The predicted molar refractivity (Wildman–Crippen MR) is 146 cm³/mol. The Morgan fingerprint density at radius 1 is 1.00 bits per heavy atom. The second-order valence-corrected chi connectivity index (χ2v) is 10.2. The molecule has 0 unspecified atom stereocenters. The maximum absolute atomic E-state index is 12.1. The number of amides is 1. The van der Waals surface area contributed by atoms with Crippen molar-refractivity contribution in [3.05, 3.63) is 65.2 Å². The van der Waals surface area contributed by atoms with Crippen molar-refractivity contribution >= 4 is 17.7 Å². The van der Waals surface area contributed by atoms with Gasteiger partial charge in [-0.2, -0.15) is 0 Å². The Balaban J connectivity index is 1.21. The van der Waals surface area contributed by atoms with E-state index in [4.69, 9.17) is 9.47 Å². The van der Waals surface area contributed by atoms with Crippen molar-refractivity contribution in [3.8, 4) is 0 Å². The quantitative estimate of drug-likeness (QED) is 0.429. The number of carbonyl (C=O) groups excluding carboxylic acids is 2. The van der Waals surface area contributed by atoms with Crippen molar-refractivity contribution in [2.24, 2.45) is 0 Å². The minimum atomic E-state index is -0.359. The van der Waals surface area contributed by atoms with Gasteiger partial charge in [-0.15, -0.1) is 0 Å². The molecule has 37 heavy (non-hydrogen) atoms. The van der Waals surface area contributed by atoms with Crippen molar-refractivity contribution in [1.82, 2.24) is 10.2 Å². The fourth-order valence-electron chi connectivity index (χ4n) is 5.40. The zero-order chi connectivity index (χ0) is 26.0. The molecule has 2 aromatic carbocycles. The predicted octanol–water partition coefficient (Wildman–Crippen LogP) is 5.06. The third kappa shape index (κ3) is 7.71. The molecule has 2 atom stereocenters. The molecule has 1 N–H and O–H groups in total. The summed E-state index contributed by atoms with van der Waals surface area (Å²) in [6.45, 7) is 10.4. The number of fused-ring (bicyclic) bond motifs is 1. The van der Waals surface area contributed by atoms with E-state index < -0.39 is 0 Å². The maximum atomic E-state index is 12.1. The molecule has 0 bridgehead atoms. The van der Waals surface area contributed by atoms with E-state index in [9.17, 15) is 9.59 Å². The van der Waals surface area contributed by atoms with E-state index in [1.165, 1.54) is 16.8 Å². The first-order valence-corrected chi connectivity index (χ1v) is 13.7. The van der Waals surface area contributed by atoms with Gasteiger partial charge in [-0.25, -0.2) is 4.79 Å². The van der Waals surface area contributed by atoms with Crippen LogP contribution in [-0.2, 0) is 20.9 Å². The molecule has 7 nitrogen and oxygen atoms in total. The number of nitrogens with zero attached hydrogens (tertiary/aromatic N) is 2. The number of anilines is 1. The van der Waals surface area contributed by atoms with E-state index in [0.29, 0.717) is 38.0 Å². The standard InChI is InChI=1S/C30H41N3O4/c1-3-19-36-29(34)12-14-32-15-17-33(18-16-32)26-9-10-27-25(20-23(2)28(27)21-26)11-13-31-30(35)37-22-24-7-5-4-6-8-24/h4-10,21,23,25H,3,11-20,22H2,1-2H3,(H,31,35)/t23-,25-/m1/s1. The minimum Gasteiger partial charge on any atom is -0.466 e. The molecule has 200 valence electrons. The van der Waals surface area contributed by atoms with E-state index in [2.05, 4.69) is 40.2 Å². The van der Waals surface area contributed by atoms with Crippen LogP contribution in [-0.4, -0.2) is 62.8 Å². The van der Waals surface area contributed by atoms with Crippen LogP contribution >= 0.6 is 0 Å². The number of benzene rings is 2. The zero-order valence-corrected chi connectivity index (χ0v) is 22.3. The van der Waals surface area contributed by atoms with Crippen LogP contribution < -0.4 is 10.2 Å². The lowest BCUT2D eigenvalue weighted by Gasteiger charge is -2.36. The lowest BCUT2D eigenvalue weighted by Crippen LogP contribution is -2.47. The van der Waals surface area contributed by atoms with Gasteiger partial charge in [-0.3, -0.25) is 9.69 Å². The summed E-state index contributed by atoms with van der Waals surface area (Å²) in [4.78, 5) is 28.7. The van der Waals surface area contributed by atoms with Crippen LogP contribution in [0.2, 0.25) is 0 Å². The van der Waals surface area contributed by atoms with E-state index in [1.54, 1.807) is 0 Å². The molecular weight excluding hydrogens is 466 g/mol. The number of hydrogen-bond donors (Lipinski definition) is 1. The van der Waals surface area contributed by atoms with Gasteiger partial charge >= 0.3 is 12.1 Å². The molecule has 1 aliphatic heterocycles. The first kappa shape index (κ1) is 27.0. The average molecular weight is 508 g/mol. The van der Waals surface area contributed by atoms with Gasteiger partial charge in [0.1, 0.15) is 6.61 Å². The molecule has 0 radical (unpaired) electrons. The molecule has 4 rings (SSSR count). The molecule has 1 amide bonds. The van der Waals surface area contributed by atoms with E-state index in [-0.39, 0.29) is 12.1 Å². The SMILES string of the molecule is CCCOC(=O)CCN1CCN(c2ccc3c(c2)[C@H](C)C[C@H]3CCNC(=O)OCc2ccccc2)CC1. The molecule has 7 heteroatoms. The largest absolute Gasteiger partial charge is 0.466 e. The number of ether oxygens (including phenoxy) is 2. The summed E-state index contributed by atoms with van der Waals surface area (Å²) in [6, 6.07) is 16.7. The fraction of sp³-hybridized carbons (Fsp3) is 0.533. The Kier molecular flexibility index (Phi) is 9.83. The second kappa shape index (κ2) is 13.5. The lowest BCUT2D eigenvalue weighted by atomic mass is 9.97. The number of rotatable bonds is 11. The van der Waals surface area contributed by atoms with Gasteiger partial charge in [0.05, 0.1) is 13.0 Å². The summed E-state index contributed by atoms with van der Waals surface area (Å²) < 4.78 is 10.5. The van der Waals surface area contributed by atoms with Crippen molar-refractivity contribution in [3.63, 3.8) is 0 Å². The molecule has 0 aromatic heterocycles. The molecule has 0 saturated carbocycles. The number of piperazine rings is 1. The van der Waals surface area contributed by atoms with Gasteiger partial charge < -0.3 is 19.7 Å². The van der Waals surface area contributed by atoms with Crippen LogP contribution in [0.5, 0.6) is 0 Å². The van der Waals surface area contributed by atoms with Crippen molar-refractivity contribution in [1.29, 1.82) is 0 Å². The van der Waals surface area contributed by atoms with E-state index in [1.807, 2.05) is 37.3 Å². The minimum absolute atomic E-state index is 0.0919. The van der Waals surface area contributed by atoms with Crippen LogP contribution in [0.1, 0.15) is 68.1 Å². The summed E-state index contributed by atoms with van der Waals surface area (Å²) in [5.74, 6) is 0.879. The average Bonchev–Trinajstić information content (AvgIpc) is 3.25. The Morgan fingerprint density at radius 3 is 2.54 bits per heavy atom. The number of nitrogens with one attached hydrogen (secondary N) is 1. The van der Waals surface area contributed by atoms with Gasteiger partial charge in [0.2, 0.25) is 0 Å². The first-order valence-electron chi connectivity index (χ1n) is 13.7. The fourth-order valence-corrected chi connectivity index (χ4v) is 5.40. The van der Waals surface area contributed by atoms with Crippen molar-refractivity contribution in [2.75, 3.05) is 50.8 Å². The molecule has 2 aromatic rings. The van der Waals surface area contributed by atoms with Gasteiger partial charge in [0.25, 0.3) is 0 Å². The van der Waals surface area contributed by atoms with Crippen molar-refractivity contribution in [2.45, 2.75) is 58.0 Å². The molecule has 1 aliphatic carbocycles. The molecule has 1 saturated heterocycles. The molecule has 0 spiro atoms.